The van der Waals surface area contributed by atoms with E-state index < -0.39 is 21.6 Å². The fraction of sp³-hybridized carbons (Fsp3) is 0.500. The van der Waals surface area contributed by atoms with Crippen molar-refractivity contribution in [3.05, 3.63) is 48.0 Å². The number of hydroxylamine groups is 1. The van der Waals surface area contributed by atoms with E-state index in [1.165, 1.54) is 13.1 Å². The number of esters is 1. The lowest BCUT2D eigenvalue weighted by molar-refractivity contribution is -0.0659. The Kier molecular flexibility index (Phi) is 10.5. The molecule has 2 aromatic carbocycles. The van der Waals surface area contributed by atoms with Crippen LogP contribution in [0.15, 0.2) is 47.4 Å². The first-order valence-electron chi connectivity index (χ1n) is 12.0. The molecule has 0 atom stereocenters. The minimum absolute atomic E-state index is 0.0885. The summed E-state index contributed by atoms with van der Waals surface area (Å²) in [5.41, 5.74) is -0.267. The molecule has 0 radical (unpaired) electrons. The van der Waals surface area contributed by atoms with Crippen molar-refractivity contribution in [1.82, 2.24) is 4.47 Å². The highest BCUT2D eigenvalue weighted by molar-refractivity contribution is 7.89. The molecule has 0 saturated heterocycles. The van der Waals surface area contributed by atoms with Crippen LogP contribution in [0.5, 0.6) is 11.5 Å². The number of nitrogens with one attached hydrogen (secondary N) is 1. The Morgan fingerprint density at radius 2 is 1.69 bits per heavy atom. The molecule has 0 aliphatic heterocycles. The molecule has 0 saturated carbocycles. The molecule has 0 heterocycles. The molecular formula is C26H38N2O6S. The van der Waals surface area contributed by atoms with Crippen molar-refractivity contribution in [3.63, 3.8) is 0 Å². The zero-order valence-electron chi connectivity index (χ0n) is 21.6. The molecule has 0 amide bonds. The molecule has 2 rings (SSSR count). The van der Waals surface area contributed by atoms with E-state index in [1.54, 1.807) is 51.1 Å². The van der Waals surface area contributed by atoms with E-state index in [0.29, 0.717) is 24.4 Å². The van der Waals surface area contributed by atoms with Crippen molar-refractivity contribution in [1.29, 1.82) is 0 Å². The SMILES string of the molecule is CCCCNc1cc(C(=O)OC(C)(C)C)cc(S(=O)(=O)N(C)OCCCC)c1Oc1ccccc1. The molecule has 0 bridgehead atoms. The number of sulfonamides is 1. The summed E-state index contributed by atoms with van der Waals surface area (Å²) in [5, 5.41) is 3.24. The number of anilines is 1. The van der Waals surface area contributed by atoms with E-state index in [1.807, 2.05) is 13.0 Å². The standard InChI is InChI=1S/C26H38N2O6S/c1-7-9-16-27-22-18-20(25(29)34-26(3,4)5)19-23(24(22)33-21-14-12-11-13-15-21)35(30,31)28(6)32-17-10-8-2/h11-15,18-19,27H,7-10,16-17H2,1-6H3. The van der Waals surface area contributed by atoms with Crippen molar-refractivity contribution in [2.24, 2.45) is 0 Å². The summed E-state index contributed by atoms with van der Waals surface area (Å²) in [7, 11) is -2.85. The topological polar surface area (TPSA) is 94.2 Å². The summed E-state index contributed by atoms with van der Waals surface area (Å²) >= 11 is 0. The maximum absolute atomic E-state index is 13.6. The van der Waals surface area contributed by atoms with Gasteiger partial charge < -0.3 is 14.8 Å². The largest absolute Gasteiger partial charge is 0.456 e. The summed E-state index contributed by atoms with van der Waals surface area (Å²) in [4.78, 5) is 18.2. The van der Waals surface area contributed by atoms with Gasteiger partial charge in [-0.2, -0.15) is 0 Å². The number of benzene rings is 2. The van der Waals surface area contributed by atoms with Gasteiger partial charge in [-0.05, 0) is 57.9 Å². The second-order valence-electron chi connectivity index (χ2n) is 9.15. The molecule has 0 aromatic heterocycles. The second-order valence-corrected chi connectivity index (χ2v) is 11.1. The molecule has 35 heavy (non-hydrogen) atoms. The van der Waals surface area contributed by atoms with Gasteiger partial charge in [-0.1, -0.05) is 49.4 Å². The summed E-state index contributed by atoms with van der Waals surface area (Å²) in [6.07, 6.45) is 3.35. The van der Waals surface area contributed by atoms with Gasteiger partial charge in [0.25, 0.3) is 10.0 Å². The molecular weight excluding hydrogens is 468 g/mol. The molecule has 2 aromatic rings. The van der Waals surface area contributed by atoms with Crippen LogP contribution in [-0.4, -0.2) is 44.7 Å². The lowest BCUT2D eigenvalue weighted by Gasteiger charge is -2.23. The van der Waals surface area contributed by atoms with Crippen LogP contribution in [0.1, 0.15) is 70.7 Å². The van der Waals surface area contributed by atoms with Gasteiger partial charge >= 0.3 is 5.97 Å². The van der Waals surface area contributed by atoms with E-state index in [2.05, 4.69) is 12.2 Å². The number of para-hydroxylation sites is 1. The molecule has 0 aliphatic rings. The lowest BCUT2D eigenvalue weighted by Crippen LogP contribution is -2.29. The third kappa shape index (κ3) is 8.52. The number of ether oxygens (including phenoxy) is 2. The summed E-state index contributed by atoms with van der Waals surface area (Å²) < 4.78 is 39.7. The van der Waals surface area contributed by atoms with Crippen molar-refractivity contribution in [2.45, 2.75) is 70.8 Å². The third-order valence-electron chi connectivity index (χ3n) is 4.89. The van der Waals surface area contributed by atoms with Gasteiger partial charge in [0.15, 0.2) is 5.75 Å². The van der Waals surface area contributed by atoms with Crippen LogP contribution >= 0.6 is 0 Å². The summed E-state index contributed by atoms with van der Waals surface area (Å²) in [6, 6.07) is 11.7. The van der Waals surface area contributed by atoms with Crippen LogP contribution in [0, 0.1) is 0 Å². The molecule has 0 unspecified atom stereocenters. The van der Waals surface area contributed by atoms with Gasteiger partial charge in [0.05, 0.1) is 17.9 Å². The van der Waals surface area contributed by atoms with Crippen molar-refractivity contribution in [3.8, 4) is 11.5 Å². The lowest BCUT2D eigenvalue weighted by atomic mass is 10.1. The Labute approximate surface area is 209 Å². The van der Waals surface area contributed by atoms with E-state index in [4.69, 9.17) is 14.3 Å². The molecule has 8 nitrogen and oxygen atoms in total. The fourth-order valence-corrected chi connectivity index (χ4v) is 4.19. The van der Waals surface area contributed by atoms with Crippen molar-refractivity contribution in [2.75, 3.05) is 25.5 Å². The molecule has 0 spiro atoms. The molecule has 0 aliphatic carbocycles. The predicted octanol–water partition coefficient (Wildman–Crippen LogP) is 6.00. The normalized spacial score (nSPS) is 12.0. The molecule has 194 valence electrons. The summed E-state index contributed by atoms with van der Waals surface area (Å²) in [6.45, 7) is 10.1. The summed E-state index contributed by atoms with van der Waals surface area (Å²) in [5.74, 6) is -0.0825. The number of carbonyl (C=O) groups is 1. The Morgan fingerprint density at radius 3 is 2.29 bits per heavy atom. The van der Waals surface area contributed by atoms with E-state index in [0.717, 1.165) is 23.7 Å². The number of hydrogen-bond acceptors (Lipinski definition) is 7. The highest BCUT2D eigenvalue weighted by Crippen LogP contribution is 2.39. The van der Waals surface area contributed by atoms with Crippen LogP contribution in [0.2, 0.25) is 0 Å². The number of carbonyl (C=O) groups excluding carboxylic acids is 1. The van der Waals surface area contributed by atoms with Crippen LogP contribution in [0.4, 0.5) is 5.69 Å². The zero-order valence-corrected chi connectivity index (χ0v) is 22.4. The van der Waals surface area contributed by atoms with Gasteiger partial charge in [-0.15, -0.1) is 0 Å². The average molecular weight is 507 g/mol. The minimum Gasteiger partial charge on any atom is -0.456 e. The first-order chi connectivity index (χ1) is 16.5. The number of rotatable bonds is 13. The molecule has 9 heteroatoms. The quantitative estimate of drug-likeness (QED) is 0.202. The Bertz CT molecular complexity index is 1070. The predicted molar refractivity (Wildman–Crippen MR) is 137 cm³/mol. The minimum atomic E-state index is -4.18. The van der Waals surface area contributed by atoms with Crippen molar-refractivity contribution >= 4 is 21.7 Å². The van der Waals surface area contributed by atoms with Gasteiger partial charge in [0.2, 0.25) is 0 Å². The highest BCUT2D eigenvalue weighted by Gasteiger charge is 2.31. The molecule has 0 fully saturated rings. The molecule has 1 N–H and O–H groups in total. The third-order valence-corrected chi connectivity index (χ3v) is 6.53. The zero-order chi connectivity index (χ0) is 26.1. The maximum Gasteiger partial charge on any atom is 0.338 e. The van der Waals surface area contributed by atoms with Gasteiger partial charge in [-0.25, -0.2) is 13.2 Å². The van der Waals surface area contributed by atoms with E-state index in [9.17, 15) is 13.2 Å². The number of hydrogen-bond donors (Lipinski definition) is 1. The van der Waals surface area contributed by atoms with Crippen LogP contribution in [0.25, 0.3) is 0 Å². The van der Waals surface area contributed by atoms with E-state index in [-0.39, 0.29) is 22.8 Å². The van der Waals surface area contributed by atoms with Gasteiger partial charge in [0, 0.05) is 13.6 Å². The Balaban J connectivity index is 2.66. The first-order valence-corrected chi connectivity index (χ1v) is 13.4. The average Bonchev–Trinajstić information content (AvgIpc) is 2.79. The van der Waals surface area contributed by atoms with Gasteiger partial charge in [0.1, 0.15) is 16.2 Å². The van der Waals surface area contributed by atoms with E-state index >= 15 is 0 Å². The van der Waals surface area contributed by atoms with Crippen LogP contribution in [0.3, 0.4) is 0 Å². The van der Waals surface area contributed by atoms with Crippen LogP contribution < -0.4 is 10.1 Å². The second kappa shape index (κ2) is 12.9. The first kappa shape index (κ1) is 28.6. The van der Waals surface area contributed by atoms with Crippen LogP contribution in [-0.2, 0) is 19.6 Å². The Morgan fingerprint density at radius 1 is 1.03 bits per heavy atom. The smallest absolute Gasteiger partial charge is 0.338 e. The Hall–Kier alpha value is -2.62. The van der Waals surface area contributed by atoms with Crippen molar-refractivity contribution < 1.29 is 27.5 Å². The van der Waals surface area contributed by atoms with Gasteiger partial charge in [-0.3, -0.25) is 4.84 Å². The number of unbranched alkanes of at least 4 members (excludes halogenated alkanes) is 2. The fourth-order valence-electron chi connectivity index (χ4n) is 3.04. The monoisotopic (exact) mass is 506 g/mol. The number of nitrogens with zero attached hydrogens (tertiary/aromatic N) is 1. The maximum atomic E-state index is 13.6. The highest BCUT2D eigenvalue weighted by atomic mass is 32.2.